The van der Waals surface area contributed by atoms with E-state index in [0.717, 1.165) is 19.0 Å². The highest BCUT2D eigenvalue weighted by Crippen LogP contribution is 2.20. The van der Waals surface area contributed by atoms with Gasteiger partial charge in [-0.25, -0.2) is 17.5 Å². The molecule has 7 heteroatoms. The molecule has 3 N–H and O–H groups in total. The molecule has 0 saturated carbocycles. The highest BCUT2D eigenvalue weighted by molar-refractivity contribution is 7.89. The van der Waals surface area contributed by atoms with Crippen molar-refractivity contribution >= 4 is 10.0 Å². The van der Waals surface area contributed by atoms with E-state index in [9.17, 15) is 12.8 Å². The first-order valence-electron chi connectivity index (χ1n) is 7.04. The fraction of sp³-hybridized carbons (Fsp3) is 0.571. The summed E-state index contributed by atoms with van der Waals surface area (Å²) in [6, 6.07) is 4.07. The van der Waals surface area contributed by atoms with Crippen molar-refractivity contribution in [1.82, 2.24) is 9.62 Å². The molecular weight excluding hydrogens is 293 g/mol. The van der Waals surface area contributed by atoms with Crippen molar-refractivity contribution < 1.29 is 12.8 Å². The van der Waals surface area contributed by atoms with Crippen LogP contribution >= 0.6 is 0 Å². The monoisotopic (exact) mass is 315 g/mol. The van der Waals surface area contributed by atoms with Crippen LogP contribution in [0.3, 0.4) is 0 Å². The Bertz CT molecular complexity index is 606. The third-order valence-electron chi connectivity index (χ3n) is 4.05. The van der Waals surface area contributed by atoms with E-state index >= 15 is 0 Å². The second kappa shape index (κ2) is 6.39. The van der Waals surface area contributed by atoms with Crippen LogP contribution in [0.1, 0.15) is 25.3 Å². The van der Waals surface area contributed by atoms with Gasteiger partial charge in [0.15, 0.2) is 0 Å². The molecule has 1 heterocycles. The Labute approximate surface area is 125 Å². The predicted octanol–water partition coefficient (Wildman–Crippen LogP) is 1.05. The van der Waals surface area contributed by atoms with Gasteiger partial charge in [0.05, 0.1) is 0 Å². The fourth-order valence-corrected chi connectivity index (χ4v) is 3.97. The Hall–Kier alpha value is -1.02. The number of hydrogen-bond acceptors (Lipinski definition) is 4. The van der Waals surface area contributed by atoms with Crippen molar-refractivity contribution in [2.24, 2.45) is 5.73 Å². The van der Waals surface area contributed by atoms with Gasteiger partial charge in [-0.1, -0.05) is 6.07 Å². The Morgan fingerprint density at radius 3 is 2.81 bits per heavy atom. The maximum Gasteiger partial charge on any atom is 0.243 e. The maximum atomic E-state index is 13.8. The highest BCUT2D eigenvalue weighted by Gasteiger charge is 2.28. The van der Waals surface area contributed by atoms with Crippen molar-refractivity contribution in [2.45, 2.75) is 43.3 Å². The van der Waals surface area contributed by atoms with E-state index in [2.05, 4.69) is 16.5 Å². The molecule has 1 aliphatic heterocycles. The zero-order chi connectivity index (χ0) is 15.6. The topological polar surface area (TPSA) is 75.4 Å². The van der Waals surface area contributed by atoms with Crippen molar-refractivity contribution in [3.05, 3.63) is 29.6 Å². The maximum absolute atomic E-state index is 13.8. The highest BCUT2D eigenvalue weighted by atomic mass is 32.2. The second-order valence-electron chi connectivity index (χ2n) is 5.64. The molecule has 21 heavy (non-hydrogen) atoms. The van der Waals surface area contributed by atoms with Gasteiger partial charge >= 0.3 is 0 Å². The summed E-state index contributed by atoms with van der Waals surface area (Å²) in [5.74, 6) is -0.749. The molecule has 118 valence electrons. The van der Waals surface area contributed by atoms with Crippen LogP contribution in [0.2, 0.25) is 0 Å². The second-order valence-corrected chi connectivity index (χ2v) is 7.32. The SMILES string of the molecule is CC1CC(NS(=O)(=O)c2cc(CN)ccc2F)CCN1C. The van der Waals surface area contributed by atoms with Crippen LogP contribution in [-0.2, 0) is 16.6 Å². The van der Waals surface area contributed by atoms with E-state index in [0.29, 0.717) is 18.0 Å². The van der Waals surface area contributed by atoms with Gasteiger partial charge in [0.25, 0.3) is 0 Å². The van der Waals surface area contributed by atoms with Crippen LogP contribution in [0.25, 0.3) is 0 Å². The van der Waals surface area contributed by atoms with E-state index in [4.69, 9.17) is 5.73 Å². The molecule has 0 bridgehead atoms. The lowest BCUT2D eigenvalue weighted by Crippen LogP contribution is -2.47. The molecule has 1 fully saturated rings. The third kappa shape index (κ3) is 3.79. The normalized spacial score (nSPS) is 24.2. The molecule has 0 radical (unpaired) electrons. The molecule has 1 aliphatic rings. The predicted molar refractivity (Wildman–Crippen MR) is 79.7 cm³/mol. The molecule has 2 unspecified atom stereocenters. The van der Waals surface area contributed by atoms with E-state index < -0.39 is 15.8 Å². The lowest BCUT2D eigenvalue weighted by atomic mass is 10.0. The minimum Gasteiger partial charge on any atom is -0.326 e. The van der Waals surface area contributed by atoms with Crippen LogP contribution < -0.4 is 10.5 Å². The summed E-state index contributed by atoms with van der Waals surface area (Å²) in [7, 11) is -1.85. The first-order chi connectivity index (χ1) is 9.83. The molecule has 2 atom stereocenters. The van der Waals surface area contributed by atoms with Crippen LogP contribution in [-0.4, -0.2) is 39.0 Å². The van der Waals surface area contributed by atoms with Crippen molar-refractivity contribution in [1.29, 1.82) is 0 Å². The molecule has 2 rings (SSSR count). The number of rotatable bonds is 4. The molecule has 1 aromatic carbocycles. The minimum absolute atomic E-state index is 0.165. The fourth-order valence-electron chi connectivity index (χ4n) is 2.56. The van der Waals surface area contributed by atoms with Gasteiger partial charge in [0, 0.05) is 18.6 Å². The van der Waals surface area contributed by atoms with Gasteiger partial charge in [-0.3, -0.25) is 0 Å². The number of nitrogens with zero attached hydrogens (tertiary/aromatic N) is 1. The number of likely N-dealkylation sites (tertiary alicyclic amines) is 1. The van der Waals surface area contributed by atoms with Gasteiger partial charge in [0.2, 0.25) is 10.0 Å². The van der Waals surface area contributed by atoms with E-state index in [-0.39, 0.29) is 17.5 Å². The number of nitrogens with one attached hydrogen (secondary N) is 1. The molecule has 0 amide bonds. The zero-order valence-corrected chi connectivity index (χ0v) is 13.2. The number of sulfonamides is 1. The van der Waals surface area contributed by atoms with Crippen LogP contribution in [0, 0.1) is 5.82 Å². The number of hydrogen-bond donors (Lipinski definition) is 2. The van der Waals surface area contributed by atoms with Crippen LogP contribution in [0.4, 0.5) is 4.39 Å². The standard InChI is InChI=1S/C14H22FN3O2S/c1-10-7-12(5-6-18(10)2)17-21(19,20)14-8-11(9-16)3-4-13(14)15/h3-4,8,10,12,17H,5-7,9,16H2,1-2H3. The molecule has 5 nitrogen and oxygen atoms in total. The zero-order valence-electron chi connectivity index (χ0n) is 12.3. The average molecular weight is 315 g/mol. The van der Waals surface area contributed by atoms with Crippen molar-refractivity contribution in [3.63, 3.8) is 0 Å². The first kappa shape index (κ1) is 16.4. The van der Waals surface area contributed by atoms with Crippen LogP contribution in [0.5, 0.6) is 0 Å². The summed E-state index contributed by atoms with van der Waals surface area (Å²) in [5, 5.41) is 0. The van der Waals surface area contributed by atoms with Crippen molar-refractivity contribution in [3.8, 4) is 0 Å². The van der Waals surface area contributed by atoms with Gasteiger partial charge < -0.3 is 10.6 Å². The molecular formula is C14H22FN3O2S. The van der Waals surface area contributed by atoms with Crippen molar-refractivity contribution in [2.75, 3.05) is 13.6 Å². The number of nitrogens with two attached hydrogens (primary N) is 1. The smallest absolute Gasteiger partial charge is 0.243 e. The Morgan fingerprint density at radius 1 is 1.48 bits per heavy atom. The van der Waals surface area contributed by atoms with Gasteiger partial charge in [-0.2, -0.15) is 0 Å². The quantitative estimate of drug-likeness (QED) is 0.871. The van der Waals surface area contributed by atoms with Gasteiger partial charge in [-0.05, 0) is 51.1 Å². The third-order valence-corrected chi connectivity index (χ3v) is 5.59. The summed E-state index contributed by atoms with van der Waals surface area (Å²) in [5.41, 5.74) is 6.08. The first-order valence-corrected chi connectivity index (χ1v) is 8.53. The van der Waals surface area contributed by atoms with E-state index in [1.54, 1.807) is 0 Å². The van der Waals surface area contributed by atoms with Crippen LogP contribution in [0.15, 0.2) is 23.1 Å². The lowest BCUT2D eigenvalue weighted by Gasteiger charge is -2.35. The Morgan fingerprint density at radius 2 is 2.19 bits per heavy atom. The van der Waals surface area contributed by atoms with Gasteiger partial charge in [-0.15, -0.1) is 0 Å². The molecule has 1 saturated heterocycles. The summed E-state index contributed by atoms with van der Waals surface area (Å²) in [4.78, 5) is 1.86. The average Bonchev–Trinajstić information content (AvgIpc) is 2.43. The minimum atomic E-state index is -3.86. The van der Waals surface area contributed by atoms with E-state index in [1.807, 2.05) is 7.05 Å². The number of halogens is 1. The molecule has 1 aromatic rings. The molecule has 0 aromatic heterocycles. The summed E-state index contributed by atoms with van der Waals surface area (Å²) >= 11 is 0. The van der Waals surface area contributed by atoms with E-state index in [1.165, 1.54) is 12.1 Å². The largest absolute Gasteiger partial charge is 0.326 e. The Balaban J connectivity index is 2.19. The summed E-state index contributed by atoms with van der Waals surface area (Å²) in [6.07, 6.45) is 1.44. The number of piperidine rings is 1. The molecule has 0 aliphatic carbocycles. The molecule has 0 spiro atoms. The van der Waals surface area contributed by atoms with Gasteiger partial charge in [0.1, 0.15) is 10.7 Å². The number of benzene rings is 1. The summed E-state index contributed by atoms with van der Waals surface area (Å²) in [6.45, 7) is 3.05. The Kier molecular flexibility index (Phi) is 4.98. The lowest BCUT2D eigenvalue weighted by molar-refractivity contribution is 0.178. The summed E-state index contributed by atoms with van der Waals surface area (Å²) < 4.78 is 41.2.